The van der Waals surface area contributed by atoms with Gasteiger partial charge in [-0.2, -0.15) is 4.68 Å². The minimum atomic E-state index is -0.202. The SMILES string of the molecule is O=c1n(-c2ccccc2)nc(-c2ccccc2)n1-c1ccc(Br)cc1. The molecule has 0 fully saturated rings. The van der Waals surface area contributed by atoms with Gasteiger partial charge in [0.1, 0.15) is 0 Å². The van der Waals surface area contributed by atoms with Crippen molar-refractivity contribution in [2.45, 2.75) is 0 Å². The summed E-state index contributed by atoms with van der Waals surface area (Å²) in [4.78, 5) is 13.1. The second kappa shape index (κ2) is 6.53. The number of halogens is 1. The van der Waals surface area contributed by atoms with Crippen molar-refractivity contribution >= 4 is 15.9 Å². The summed E-state index contributed by atoms with van der Waals surface area (Å²) in [6.07, 6.45) is 0. The molecular formula is C20H14BrN3O. The van der Waals surface area contributed by atoms with Crippen LogP contribution in [0.15, 0.2) is 94.2 Å². The van der Waals surface area contributed by atoms with Gasteiger partial charge in [0.25, 0.3) is 0 Å². The maximum absolute atomic E-state index is 13.1. The minimum Gasteiger partial charge on any atom is -0.245 e. The van der Waals surface area contributed by atoms with Crippen LogP contribution in [0.1, 0.15) is 0 Å². The molecule has 0 atom stereocenters. The van der Waals surface area contributed by atoms with Crippen LogP contribution in [0.3, 0.4) is 0 Å². The third kappa shape index (κ3) is 2.94. The number of nitrogens with zero attached hydrogens (tertiary/aromatic N) is 3. The lowest BCUT2D eigenvalue weighted by molar-refractivity contribution is 0.830. The lowest BCUT2D eigenvalue weighted by Gasteiger charge is -2.05. The highest BCUT2D eigenvalue weighted by molar-refractivity contribution is 9.10. The zero-order valence-corrected chi connectivity index (χ0v) is 14.8. The molecule has 0 bridgehead atoms. The first-order valence-corrected chi connectivity index (χ1v) is 8.62. The normalized spacial score (nSPS) is 10.8. The van der Waals surface area contributed by atoms with E-state index in [1.54, 1.807) is 4.57 Å². The van der Waals surface area contributed by atoms with Crippen LogP contribution in [0, 0.1) is 0 Å². The zero-order valence-electron chi connectivity index (χ0n) is 13.2. The topological polar surface area (TPSA) is 39.8 Å². The van der Waals surface area contributed by atoms with Crippen LogP contribution in [0.2, 0.25) is 0 Å². The Bertz CT molecular complexity index is 1050. The smallest absolute Gasteiger partial charge is 0.245 e. The largest absolute Gasteiger partial charge is 0.355 e. The summed E-state index contributed by atoms with van der Waals surface area (Å²) in [5.74, 6) is 0.608. The molecule has 5 heteroatoms. The van der Waals surface area contributed by atoms with Crippen molar-refractivity contribution in [2.75, 3.05) is 0 Å². The summed E-state index contributed by atoms with van der Waals surface area (Å²) < 4.78 is 4.03. The summed E-state index contributed by atoms with van der Waals surface area (Å²) in [6, 6.07) is 26.8. The first-order valence-electron chi connectivity index (χ1n) is 7.83. The van der Waals surface area contributed by atoms with E-state index in [-0.39, 0.29) is 5.69 Å². The molecule has 0 saturated heterocycles. The van der Waals surface area contributed by atoms with E-state index in [9.17, 15) is 4.79 Å². The Hall–Kier alpha value is -2.92. The Morgan fingerprint density at radius 1 is 0.720 bits per heavy atom. The van der Waals surface area contributed by atoms with Crippen molar-refractivity contribution in [1.82, 2.24) is 14.3 Å². The lowest BCUT2D eigenvalue weighted by Crippen LogP contribution is -2.22. The molecule has 0 aliphatic rings. The average molecular weight is 392 g/mol. The Kier molecular flexibility index (Phi) is 4.07. The molecule has 0 radical (unpaired) electrons. The minimum absolute atomic E-state index is 0.202. The van der Waals surface area contributed by atoms with E-state index < -0.39 is 0 Å². The van der Waals surface area contributed by atoms with Gasteiger partial charge in [-0.3, -0.25) is 0 Å². The molecule has 0 amide bonds. The first-order chi connectivity index (χ1) is 12.2. The van der Waals surface area contributed by atoms with Crippen molar-refractivity contribution in [1.29, 1.82) is 0 Å². The monoisotopic (exact) mass is 391 g/mol. The maximum atomic E-state index is 13.1. The van der Waals surface area contributed by atoms with Crippen molar-refractivity contribution in [3.8, 4) is 22.8 Å². The van der Waals surface area contributed by atoms with Gasteiger partial charge < -0.3 is 0 Å². The van der Waals surface area contributed by atoms with Crippen LogP contribution in [-0.2, 0) is 0 Å². The van der Waals surface area contributed by atoms with E-state index in [4.69, 9.17) is 0 Å². The molecule has 4 aromatic rings. The van der Waals surface area contributed by atoms with Gasteiger partial charge in [0.2, 0.25) is 0 Å². The van der Waals surface area contributed by atoms with E-state index >= 15 is 0 Å². The summed E-state index contributed by atoms with van der Waals surface area (Å²) in [5.41, 5.74) is 2.19. The van der Waals surface area contributed by atoms with Crippen molar-refractivity contribution in [2.24, 2.45) is 0 Å². The van der Waals surface area contributed by atoms with Crippen molar-refractivity contribution in [3.63, 3.8) is 0 Å². The second-order valence-corrected chi connectivity index (χ2v) is 6.45. The van der Waals surface area contributed by atoms with E-state index in [0.717, 1.165) is 21.4 Å². The predicted octanol–water partition coefficient (Wildman–Crippen LogP) is 4.45. The fourth-order valence-electron chi connectivity index (χ4n) is 2.70. The Morgan fingerprint density at radius 2 is 1.32 bits per heavy atom. The summed E-state index contributed by atoms with van der Waals surface area (Å²) >= 11 is 3.43. The highest BCUT2D eigenvalue weighted by Gasteiger charge is 2.17. The first kappa shape index (κ1) is 15.6. The van der Waals surface area contributed by atoms with E-state index in [1.807, 2.05) is 84.9 Å². The number of aromatic nitrogens is 3. The average Bonchev–Trinajstić information content (AvgIpc) is 3.01. The fraction of sp³-hybridized carbons (Fsp3) is 0. The number of para-hydroxylation sites is 1. The molecule has 122 valence electrons. The van der Waals surface area contributed by atoms with Gasteiger partial charge in [0, 0.05) is 10.0 Å². The van der Waals surface area contributed by atoms with Gasteiger partial charge in [-0.1, -0.05) is 64.5 Å². The highest BCUT2D eigenvalue weighted by atomic mass is 79.9. The molecule has 4 nitrogen and oxygen atoms in total. The van der Waals surface area contributed by atoms with Gasteiger partial charge in [-0.25, -0.2) is 9.36 Å². The summed E-state index contributed by atoms with van der Waals surface area (Å²) in [5, 5.41) is 4.60. The zero-order chi connectivity index (χ0) is 17.2. The standard InChI is InChI=1S/C20H14BrN3O/c21-16-11-13-17(14-12-16)23-19(15-7-3-1-4-8-15)22-24(20(23)25)18-9-5-2-6-10-18/h1-14H. The molecule has 0 spiro atoms. The predicted molar refractivity (Wildman–Crippen MR) is 102 cm³/mol. The maximum Gasteiger partial charge on any atom is 0.355 e. The fourth-order valence-corrected chi connectivity index (χ4v) is 2.97. The molecule has 0 saturated carbocycles. The Labute approximate surface area is 153 Å². The molecule has 1 heterocycles. The molecule has 0 aliphatic heterocycles. The third-order valence-corrected chi connectivity index (χ3v) is 4.43. The van der Waals surface area contributed by atoms with Gasteiger partial charge in [-0.15, -0.1) is 5.10 Å². The van der Waals surface area contributed by atoms with Crippen LogP contribution in [0.25, 0.3) is 22.8 Å². The Morgan fingerprint density at radius 3 is 1.96 bits per heavy atom. The van der Waals surface area contributed by atoms with E-state index in [0.29, 0.717) is 5.82 Å². The Balaban J connectivity index is 1.99. The van der Waals surface area contributed by atoms with E-state index in [1.165, 1.54) is 4.68 Å². The van der Waals surface area contributed by atoms with Crippen LogP contribution in [0.5, 0.6) is 0 Å². The molecule has 0 unspecified atom stereocenters. The lowest BCUT2D eigenvalue weighted by atomic mass is 10.2. The number of hydrogen-bond acceptors (Lipinski definition) is 2. The molecule has 0 N–H and O–H groups in total. The van der Waals surface area contributed by atoms with Gasteiger partial charge in [0.15, 0.2) is 5.82 Å². The van der Waals surface area contributed by atoms with Crippen LogP contribution >= 0.6 is 15.9 Å². The molecule has 1 aromatic heterocycles. The molecular weight excluding hydrogens is 378 g/mol. The highest BCUT2D eigenvalue weighted by Crippen LogP contribution is 2.21. The molecule has 3 aromatic carbocycles. The number of benzene rings is 3. The van der Waals surface area contributed by atoms with Gasteiger partial charge in [-0.05, 0) is 36.4 Å². The summed E-state index contributed by atoms with van der Waals surface area (Å²) in [7, 11) is 0. The van der Waals surface area contributed by atoms with E-state index in [2.05, 4.69) is 21.0 Å². The van der Waals surface area contributed by atoms with Crippen LogP contribution in [-0.4, -0.2) is 14.3 Å². The second-order valence-electron chi connectivity index (χ2n) is 5.53. The van der Waals surface area contributed by atoms with Gasteiger partial charge >= 0.3 is 5.69 Å². The number of hydrogen-bond donors (Lipinski definition) is 0. The third-order valence-electron chi connectivity index (χ3n) is 3.90. The molecule has 0 aliphatic carbocycles. The van der Waals surface area contributed by atoms with Crippen molar-refractivity contribution in [3.05, 3.63) is 99.9 Å². The molecule has 4 rings (SSSR count). The number of rotatable bonds is 3. The van der Waals surface area contributed by atoms with Gasteiger partial charge in [0.05, 0.1) is 11.4 Å². The quantitative estimate of drug-likeness (QED) is 0.517. The van der Waals surface area contributed by atoms with Crippen LogP contribution < -0.4 is 5.69 Å². The molecule has 25 heavy (non-hydrogen) atoms. The van der Waals surface area contributed by atoms with Crippen molar-refractivity contribution < 1.29 is 0 Å². The summed E-state index contributed by atoms with van der Waals surface area (Å²) in [6.45, 7) is 0. The van der Waals surface area contributed by atoms with Crippen LogP contribution in [0.4, 0.5) is 0 Å².